The molecule has 0 bridgehead atoms. The van der Waals surface area contributed by atoms with E-state index in [-0.39, 0.29) is 19.0 Å². The molecule has 0 spiro atoms. The van der Waals surface area contributed by atoms with Gasteiger partial charge in [0.25, 0.3) is 0 Å². The lowest BCUT2D eigenvalue weighted by Crippen LogP contribution is -2.10. The molecule has 7 heteroatoms. The van der Waals surface area contributed by atoms with Gasteiger partial charge in [0, 0.05) is 10.8 Å². The number of hydrogen-bond acceptors (Lipinski definition) is 7. The average Bonchev–Trinajstić information content (AvgIpc) is 2.90. The number of nitrogens with two attached hydrogens (primary N) is 1. The molecule has 22 heavy (non-hydrogen) atoms. The van der Waals surface area contributed by atoms with E-state index in [0.717, 1.165) is 15.9 Å². The second kappa shape index (κ2) is 6.07. The Bertz CT molecular complexity index is 831. The summed E-state index contributed by atoms with van der Waals surface area (Å²) in [6.45, 7) is 1.89. The smallest absolute Gasteiger partial charge is 0.312 e. The summed E-state index contributed by atoms with van der Waals surface area (Å²) >= 11 is 1.50. The average molecular weight is 314 g/mol. The molecule has 0 aliphatic carbocycles. The molecule has 112 valence electrons. The van der Waals surface area contributed by atoms with E-state index >= 15 is 0 Å². The van der Waals surface area contributed by atoms with E-state index in [9.17, 15) is 4.79 Å². The van der Waals surface area contributed by atoms with E-state index in [1.807, 2.05) is 36.6 Å². The van der Waals surface area contributed by atoms with E-state index in [1.165, 1.54) is 11.3 Å². The summed E-state index contributed by atoms with van der Waals surface area (Å²) < 4.78 is 5.19. The Hall–Kier alpha value is -2.54. The zero-order valence-corrected chi connectivity index (χ0v) is 12.8. The number of para-hydroxylation sites is 1. The molecule has 0 atom stereocenters. The third-order valence-electron chi connectivity index (χ3n) is 3.03. The lowest BCUT2D eigenvalue weighted by molar-refractivity contribution is -0.144. The lowest BCUT2D eigenvalue weighted by Gasteiger charge is -2.06. The van der Waals surface area contributed by atoms with Crippen molar-refractivity contribution in [3.63, 3.8) is 0 Å². The molecule has 0 fully saturated rings. The molecule has 0 aliphatic heterocycles. The van der Waals surface area contributed by atoms with Gasteiger partial charge in [-0.05, 0) is 19.1 Å². The summed E-state index contributed by atoms with van der Waals surface area (Å²) in [5, 5.41) is 3.56. The number of carbonyl (C=O) groups excluding carboxylic acids is 1. The van der Waals surface area contributed by atoms with Crippen LogP contribution >= 0.6 is 11.3 Å². The fraction of sp³-hybridized carbons (Fsp3) is 0.200. The molecule has 0 saturated heterocycles. The van der Waals surface area contributed by atoms with Gasteiger partial charge in [-0.1, -0.05) is 12.1 Å². The van der Waals surface area contributed by atoms with E-state index in [1.54, 1.807) is 0 Å². The van der Waals surface area contributed by atoms with Crippen molar-refractivity contribution in [2.45, 2.75) is 20.0 Å². The summed E-state index contributed by atoms with van der Waals surface area (Å²) in [5.74, 6) is 0.409. The maximum Gasteiger partial charge on any atom is 0.312 e. The number of rotatable bonds is 4. The number of benzene rings is 1. The van der Waals surface area contributed by atoms with Gasteiger partial charge in [-0.15, -0.1) is 11.3 Å². The van der Waals surface area contributed by atoms with Gasteiger partial charge in [-0.2, -0.15) is 0 Å². The first-order chi connectivity index (χ1) is 10.6. The monoisotopic (exact) mass is 314 g/mol. The minimum atomic E-state index is -0.361. The van der Waals surface area contributed by atoms with Gasteiger partial charge in [0.05, 0.1) is 22.6 Å². The van der Waals surface area contributed by atoms with Crippen LogP contribution in [0.4, 0.5) is 5.82 Å². The highest BCUT2D eigenvalue weighted by atomic mass is 32.1. The highest BCUT2D eigenvalue weighted by molar-refractivity contribution is 7.09. The molecule has 0 unspecified atom stereocenters. The normalized spacial score (nSPS) is 10.8. The van der Waals surface area contributed by atoms with Gasteiger partial charge in [-0.3, -0.25) is 4.79 Å². The largest absolute Gasteiger partial charge is 0.457 e. The Morgan fingerprint density at radius 1 is 1.27 bits per heavy atom. The minimum Gasteiger partial charge on any atom is -0.457 e. The number of ether oxygens (including phenoxy) is 1. The number of nitrogen functional groups attached to an aromatic ring is 1. The van der Waals surface area contributed by atoms with Crippen molar-refractivity contribution in [2.24, 2.45) is 0 Å². The third-order valence-corrected chi connectivity index (χ3v) is 3.86. The molecule has 2 aromatic heterocycles. The molecule has 3 aromatic rings. The van der Waals surface area contributed by atoms with Crippen molar-refractivity contribution in [2.75, 3.05) is 5.73 Å². The molecule has 0 aliphatic rings. The molecule has 2 N–H and O–H groups in total. The maximum atomic E-state index is 11.8. The predicted molar refractivity (Wildman–Crippen MR) is 84.3 cm³/mol. The van der Waals surface area contributed by atoms with Crippen LogP contribution < -0.4 is 5.73 Å². The predicted octanol–water partition coefficient (Wildman–Crippen LogP) is 2.26. The van der Waals surface area contributed by atoms with Gasteiger partial charge in [-0.25, -0.2) is 15.0 Å². The number of aromatic nitrogens is 3. The van der Waals surface area contributed by atoms with E-state index in [0.29, 0.717) is 17.3 Å². The summed E-state index contributed by atoms with van der Waals surface area (Å²) in [6, 6.07) is 7.44. The number of thiazole rings is 1. The van der Waals surface area contributed by atoms with Gasteiger partial charge >= 0.3 is 5.97 Å². The van der Waals surface area contributed by atoms with Crippen LogP contribution in [-0.2, 0) is 22.6 Å². The standard InChI is InChI=1S/C15H14N4O2S/c1-9-17-10(8-22-9)6-14(20)21-7-13-18-12-5-3-2-4-11(12)15(16)19-13/h2-5,8H,6-7H2,1H3,(H2,16,18,19). The van der Waals surface area contributed by atoms with Crippen molar-refractivity contribution in [1.29, 1.82) is 0 Å². The molecule has 2 heterocycles. The van der Waals surface area contributed by atoms with Gasteiger partial charge in [0.1, 0.15) is 5.82 Å². The van der Waals surface area contributed by atoms with Crippen LogP contribution in [0.3, 0.4) is 0 Å². The molecular weight excluding hydrogens is 300 g/mol. The molecule has 0 amide bonds. The highest BCUT2D eigenvalue weighted by Crippen LogP contribution is 2.17. The Kier molecular flexibility index (Phi) is 3.97. The molecule has 3 rings (SSSR count). The van der Waals surface area contributed by atoms with E-state index < -0.39 is 0 Å². The first kappa shape index (κ1) is 14.4. The fourth-order valence-corrected chi connectivity index (χ4v) is 2.66. The van der Waals surface area contributed by atoms with Gasteiger partial charge in [0.2, 0.25) is 0 Å². The van der Waals surface area contributed by atoms with Crippen LogP contribution in [0.5, 0.6) is 0 Å². The van der Waals surface area contributed by atoms with Crippen LogP contribution in [0.2, 0.25) is 0 Å². The van der Waals surface area contributed by atoms with Gasteiger partial charge < -0.3 is 10.5 Å². The molecular formula is C15H14N4O2S. The topological polar surface area (TPSA) is 91.0 Å². The van der Waals surface area contributed by atoms with Crippen molar-refractivity contribution in [3.05, 3.63) is 46.2 Å². The first-order valence-electron chi connectivity index (χ1n) is 6.69. The highest BCUT2D eigenvalue weighted by Gasteiger charge is 2.10. The zero-order chi connectivity index (χ0) is 15.5. The second-order valence-corrected chi connectivity index (χ2v) is 5.80. The Labute approximate surface area is 131 Å². The second-order valence-electron chi connectivity index (χ2n) is 4.74. The van der Waals surface area contributed by atoms with Crippen LogP contribution in [0.15, 0.2) is 29.6 Å². The molecule has 1 aromatic carbocycles. The number of aryl methyl sites for hydroxylation is 1. The maximum absolute atomic E-state index is 11.8. The number of nitrogens with zero attached hydrogens (tertiary/aromatic N) is 3. The third kappa shape index (κ3) is 3.20. The van der Waals surface area contributed by atoms with Crippen LogP contribution in [0.25, 0.3) is 10.9 Å². The van der Waals surface area contributed by atoms with Crippen molar-refractivity contribution < 1.29 is 9.53 Å². The van der Waals surface area contributed by atoms with Crippen molar-refractivity contribution in [3.8, 4) is 0 Å². The Balaban J connectivity index is 1.67. The Morgan fingerprint density at radius 3 is 2.86 bits per heavy atom. The zero-order valence-electron chi connectivity index (χ0n) is 11.9. The number of carbonyl (C=O) groups is 1. The molecule has 0 saturated carbocycles. The molecule has 6 nitrogen and oxygen atoms in total. The minimum absolute atomic E-state index is 0.00299. The van der Waals surface area contributed by atoms with Crippen molar-refractivity contribution in [1.82, 2.24) is 15.0 Å². The first-order valence-corrected chi connectivity index (χ1v) is 7.57. The van der Waals surface area contributed by atoms with Crippen LogP contribution in [0.1, 0.15) is 16.5 Å². The summed E-state index contributed by atoms with van der Waals surface area (Å²) in [5.41, 5.74) is 7.34. The number of esters is 1. The number of fused-ring (bicyclic) bond motifs is 1. The fourth-order valence-electron chi connectivity index (χ4n) is 2.05. The quantitative estimate of drug-likeness (QED) is 0.743. The van der Waals surface area contributed by atoms with Crippen LogP contribution in [0, 0.1) is 6.92 Å². The summed E-state index contributed by atoms with van der Waals surface area (Å²) in [7, 11) is 0. The molecule has 0 radical (unpaired) electrons. The van der Waals surface area contributed by atoms with E-state index in [2.05, 4.69) is 15.0 Å². The SMILES string of the molecule is Cc1nc(CC(=O)OCc2nc(N)c3ccccc3n2)cs1. The number of hydrogen-bond donors (Lipinski definition) is 1. The summed E-state index contributed by atoms with van der Waals surface area (Å²) in [4.78, 5) is 24.5. The Morgan fingerprint density at radius 2 is 2.09 bits per heavy atom. The van der Waals surface area contributed by atoms with Gasteiger partial charge in [0.15, 0.2) is 12.4 Å². The lowest BCUT2D eigenvalue weighted by atomic mass is 10.2. The number of anilines is 1. The summed E-state index contributed by atoms with van der Waals surface area (Å²) in [6.07, 6.45) is 0.146. The van der Waals surface area contributed by atoms with Crippen LogP contribution in [-0.4, -0.2) is 20.9 Å². The van der Waals surface area contributed by atoms with E-state index in [4.69, 9.17) is 10.5 Å². The van der Waals surface area contributed by atoms with Crippen molar-refractivity contribution >= 4 is 34.0 Å².